The van der Waals surface area contributed by atoms with Crippen molar-refractivity contribution in [3.05, 3.63) is 17.5 Å². The standard InChI is InChI=1S/C12H16ClN3O/c1-8-2-4-9(5-3-8)12(17)16-11-6-10(13)14-7-15-11/h6-9H,2-5H2,1H3,(H,14,15,16,17). The number of carbonyl (C=O) groups is 1. The first-order valence-corrected chi connectivity index (χ1v) is 6.31. The molecule has 0 atom stereocenters. The number of amides is 1. The fourth-order valence-corrected chi connectivity index (χ4v) is 2.30. The summed E-state index contributed by atoms with van der Waals surface area (Å²) in [6.07, 6.45) is 5.53. The van der Waals surface area contributed by atoms with Crippen LogP contribution in [0.5, 0.6) is 0 Å². The molecule has 0 saturated heterocycles. The van der Waals surface area contributed by atoms with Crippen LogP contribution in [0.4, 0.5) is 5.82 Å². The second-order valence-electron chi connectivity index (χ2n) is 4.67. The molecule has 0 radical (unpaired) electrons. The van der Waals surface area contributed by atoms with Crippen LogP contribution < -0.4 is 5.32 Å². The molecule has 4 nitrogen and oxygen atoms in total. The molecule has 1 heterocycles. The van der Waals surface area contributed by atoms with E-state index in [-0.39, 0.29) is 11.8 Å². The molecule has 1 fully saturated rings. The molecule has 0 unspecified atom stereocenters. The normalized spacial score (nSPS) is 24.4. The van der Waals surface area contributed by atoms with Gasteiger partial charge in [0.2, 0.25) is 5.91 Å². The van der Waals surface area contributed by atoms with Gasteiger partial charge in [0.05, 0.1) is 0 Å². The number of nitrogens with zero attached hydrogens (tertiary/aromatic N) is 2. The van der Waals surface area contributed by atoms with Crippen LogP contribution in [0, 0.1) is 11.8 Å². The van der Waals surface area contributed by atoms with E-state index in [0.29, 0.717) is 11.0 Å². The Balaban J connectivity index is 1.93. The molecule has 1 aromatic heterocycles. The summed E-state index contributed by atoms with van der Waals surface area (Å²) >= 11 is 5.73. The number of halogens is 1. The van der Waals surface area contributed by atoms with E-state index >= 15 is 0 Å². The molecular weight excluding hydrogens is 238 g/mol. The first-order chi connectivity index (χ1) is 8.15. The van der Waals surface area contributed by atoms with Gasteiger partial charge in [-0.25, -0.2) is 9.97 Å². The summed E-state index contributed by atoms with van der Waals surface area (Å²) < 4.78 is 0. The van der Waals surface area contributed by atoms with Crippen molar-refractivity contribution in [2.45, 2.75) is 32.6 Å². The number of hydrogen-bond donors (Lipinski definition) is 1. The third-order valence-corrected chi connectivity index (χ3v) is 3.48. The lowest BCUT2D eigenvalue weighted by Crippen LogP contribution is -2.26. The van der Waals surface area contributed by atoms with Gasteiger partial charge in [-0.3, -0.25) is 4.79 Å². The Morgan fingerprint density at radius 2 is 2.06 bits per heavy atom. The number of nitrogens with one attached hydrogen (secondary N) is 1. The minimum Gasteiger partial charge on any atom is -0.310 e. The lowest BCUT2D eigenvalue weighted by atomic mass is 9.82. The molecule has 0 spiro atoms. The molecule has 1 aromatic rings. The molecule has 92 valence electrons. The van der Waals surface area contributed by atoms with Gasteiger partial charge in [0, 0.05) is 12.0 Å². The van der Waals surface area contributed by atoms with Gasteiger partial charge in [-0.1, -0.05) is 18.5 Å². The molecule has 1 aliphatic carbocycles. The lowest BCUT2D eigenvalue weighted by Gasteiger charge is -2.24. The molecule has 0 aliphatic heterocycles. The van der Waals surface area contributed by atoms with Crippen molar-refractivity contribution in [2.75, 3.05) is 5.32 Å². The molecule has 1 aliphatic rings. The van der Waals surface area contributed by atoms with Gasteiger partial charge in [0.15, 0.2) is 0 Å². The lowest BCUT2D eigenvalue weighted by molar-refractivity contribution is -0.121. The second-order valence-corrected chi connectivity index (χ2v) is 5.06. The summed E-state index contributed by atoms with van der Waals surface area (Å²) in [5.74, 6) is 1.38. The van der Waals surface area contributed by atoms with Crippen molar-refractivity contribution in [1.82, 2.24) is 9.97 Å². The highest BCUT2D eigenvalue weighted by Crippen LogP contribution is 2.29. The molecule has 0 aromatic carbocycles. The maximum Gasteiger partial charge on any atom is 0.228 e. The van der Waals surface area contributed by atoms with Gasteiger partial charge in [0.1, 0.15) is 17.3 Å². The van der Waals surface area contributed by atoms with Gasteiger partial charge in [0.25, 0.3) is 0 Å². The van der Waals surface area contributed by atoms with Crippen molar-refractivity contribution >= 4 is 23.3 Å². The Labute approximate surface area is 106 Å². The molecule has 5 heteroatoms. The van der Waals surface area contributed by atoms with Crippen LogP contribution in [-0.2, 0) is 4.79 Å². The summed E-state index contributed by atoms with van der Waals surface area (Å²) in [6.45, 7) is 2.23. The molecule has 1 N–H and O–H groups in total. The fraction of sp³-hybridized carbons (Fsp3) is 0.583. The fourth-order valence-electron chi connectivity index (χ4n) is 2.15. The Morgan fingerprint density at radius 3 is 2.71 bits per heavy atom. The first kappa shape index (κ1) is 12.3. The van der Waals surface area contributed by atoms with E-state index in [0.717, 1.165) is 31.6 Å². The van der Waals surface area contributed by atoms with Crippen molar-refractivity contribution in [3.8, 4) is 0 Å². The Morgan fingerprint density at radius 1 is 1.35 bits per heavy atom. The summed E-state index contributed by atoms with van der Waals surface area (Å²) in [5, 5.41) is 3.13. The Kier molecular flexibility index (Phi) is 3.94. The van der Waals surface area contributed by atoms with E-state index in [1.165, 1.54) is 6.33 Å². The highest BCUT2D eigenvalue weighted by atomic mass is 35.5. The zero-order valence-electron chi connectivity index (χ0n) is 9.82. The third kappa shape index (κ3) is 3.40. The van der Waals surface area contributed by atoms with Gasteiger partial charge >= 0.3 is 0 Å². The quantitative estimate of drug-likeness (QED) is 0.825. The van der Waals surface area contributed by atoms with Crippen LogP contribution in [-0.4, -0.2) is 15.9 Å². The molecule has 2 rings (SSSR count). The van der Waals surface area contributed by atoms with Crippen molar-refractivity contribution in [1.29, 1.82) is 0 Å². The smallest absolute Gasteiger partial charge is 0.228 e. The van der Waals surface area contributed by atoms with E-state index in [2.05, 4.69) is 22.2 Å². The minimum absolute atomic E-state index is 0.0478. The number of hydrogen-bond acceptors (Lipinski definition) is 3. The second kappa shape index (κ2) is 5.45. The maximum absolute atomic E-state index is 12.0. The van der Waals surface area contributed by atoms with Crippen LogP contribution in [0.2, 0.25) is 5.15 Å². The molecule has 1 amide bonds. The van der Waals surface area contributed by atoms with Crippen molar-refractivity contribution in [2.24, 2.45) is 11.8 Å². The van der Waals surface area contributed by atoms with Crippen LogP contribution in [0.15, 0.2) is 12.4 Å². The summed E-state index contributed by atoms with van der Waals surface area (Å²) in [7, 11) is 0. The Bertz CT molecular complexity index is 402. The van der Waals surface area contributed by atoms with Crippen LogP contribution >= 0.6 is 11.6 Å². The zero-order valence-corrected chi connectivity index (χ0v) is 10.6. The van der Waals surface area contributed by atoms with Crippen molar-refractivity contribution < 1.29 is 4.79 Å². The largest absolute Gasteiger partial charge is 0.310 e. The number of carbonyl (C=O) groups excluding carboxylic acids is 1. The topological polar surface area (TPSA) is 54.9 Å². The van der Waals surface area contributed by atoms with Gasteiger partial charge in [-0.2, -0.15) is 0 Å². The predicted molar refractivity (Wildman–Crippen MR) is 66.8 cm³/mol. The van der Waals surface area contributed by atoms with E-state index in [1.54, 1.807) is 6.07 Å². The SMILES string of the molecule is CC1CCC(C(=O)Nc2cc(Cl)ncn2)CC1. The monoisotopic (exact) mass is 253 g/mol. The summed E-state index contributed by atoms with van der Waals surface area (Å²) in [4.78, 5) is 19.7. The predicted octanol–water partition coefficient (Wildman–Crippen LogP) is 2.89. The average Bonchev–Trinajstić information content (AvgIpc) is 2.29. The maximum atomic E-state index is 12.0. The van der Waals surface area contributed by atoms with E-state index in [4.69, 9.17) is 11.6 Å². The third-order valence-electron chi connectivity index (χ3n) is 3.27. The molecular formula is C12H16ClN3O. The number of anilines is 1. The molecule has 1 saturated carbocycles. The summed E-state index contributed by atoms with van der Waals surface area (Å²) in [5.41, 5.74) is 0. The molecule has 0 bridgehead atoms. The first-order valence-electron chi connectivity index (χ1n) is 5.93. The zero-order chi connectivity index (χ0) is 12.3. The van der Waals surface area contributed by atoms with Gasteiger partial charge in [-0.15, -0.1) is 0 Å². The average molecular weight is 254 g/mol. The van der Waals surface area contributed by atoms with Crippen LogP contribution in [0.25, 0.3) is 0 Å². The number of aromatic nitrogens is 2. The van der Waals surface area contributed by atoms with Crippen LogP contribution in [0.3, 0.4) is 0 Å². The minimum atomic E-state index is 0.0478. The van der Waals surface area contributed by atoms with E-state index < -0.39 is 0 Å². The highest BCUT2D eigenvalue weighted by Gasteiger charge is 2.24. The van der Waals surface area contributed by atoms with E-state index in [1.807, 2.05) is 0 Å². The molecule has 17 heavy (non-hydrogen) atoms. The summed E-state index contributed by atoms with van der Waals surface area (Å²) in [6, 6.07) is 1.56. The van der Waals surface area contributed by atoms with E-state index in [9.17, 15) is 4.79 Å². The van der Waals surface area contributed by atoms with Gasteiger partial charge in [-0.05, 0) is 31.6 Å². The Hall–Kier alpha value is -1.16. The van der Waals surface area contributed by atoms with Gasteiger partial charge < -0.3 is 5.32 Å². The highest BCUT2D eigenvalue weighted by molar-refractivity contribution is 6.29. The number of rotatable bonds is 2. The van der Waals surface area contributed by atoms with Crippen LogP contribution in [0.1, 0.15) is 32.6 Å². The van der Waals surface area contributed by atoms with Crippen molar-refractivity contribution in [3.63, 3.8) is 0 Å².